The van der Waals surface area contributed by atoms with Gasteiger partial charge in [0, 0.05) is 24.8 Å². The maximum Gasteiger partial charge on any atom is 0.312 e. The fourth-order valence-electron chi connectivity index (χ4n) is 4.86. The summed E-state index contributed by atoms with van der Waals surface area (Å²) in [5.41, 5.74) is -1.63. The van der Waals surface area contributed by atoms with Crippen molar-refractivity contribution >= 4 is 11.9 Å². The van der Waals surface area contributed by atoms with Crippen molar-refractivity contribution in [3.05, 3.63) is 35.6 Å². The second-order valence-electron chi connectivity index (χ2n) is 7.87. The minimum atomic E-state index is -1.01. The van der Waals surface area contributed by atoms with Crippen molar-refractivity contribution in [1.82, 2.24) is 5.32 Å². The predicted molar refractivity (Wildman–Crippen MR) is 87.5 cm³/mol. The average Bonchev–Trinajstić information content (AvgIpc) is 3.27. The molecular weight excluding hydrogens is 325 g/mol. The van der Waals surface area contributed by atoms with Crippen molar-refractivity contribution in [3.8, 4) is 0 Å². The fraction of sp³-hybridized carbons (Fsp3) is 0.579. The Morgan fingerprint density at radius 1 is 1.20 bits per heavy atom. The summed E-state index contributed by atoms with van der Waals surface area (Å²) in [6.45, 7) is 0.451. The molecule has 0 radical (unpaired) electrons. The maximum atomic E-state index is 14.3. The molecule has 6 heteroatoms. The zero-order valence-electron chi connectivity index (χ0n) is 14.0. The predicted octanol–water partition coefficient (Wildman–Crippen LogP) is 2.39. The first-order valence-corrected chi connectivity index (χ1v) is 8.82. The number of carboxylic acids is 1. The summed E-state index contributed by atoms with van der Waals surface area (Å²) >= 11 is 0. The lowest BCUT2D eigenvalue weighted by atomic mass is 9.62. The van der Waals surface area contributed by atoms with Crippen molar-refractivity contribution in [2.45, 2.75) is 49.5 Å². The van der Waals surface area contributed by atoms with Crippen molar-refractivity contribution < 1.29 is 23.8 Å². The van der Waals surface area contributed by atoms with E-state index >= 15 is 0 Å². The highest BCUT2D eigenvalue weighted by molar-refractivity contribution is 5.92. The molecule has 25 heavy (non-hydrogen) atoms. The topological polar surface area (TPSA) is 75.6 Å². The molecular formula is C19H22FNO4. The number of fused-ring (bicyclic) bond motifs is 1. The number of halogens is 1. The van der Waals surface area contributed by atoms with Gasteiger partial charge in [-0.25, -0.2) is 4.39 Å². The SMILES string of the molecule is O=C(O)C12COC(C(=O)NCC3(c4ccccc4F)CCCC3)(C1)C2. The number of benzene rings is 1. The zero-order valence-corrected chi connectivity index (χ0v) is 14.0. The molecule has 1 amide bonds. The minimum absolute atomic E-state index is 0.0915. The number of aliphatic carboxylic acids is 1. The molecule has 1 aromatic rings. The highest BCUT2D eigenvalue weighted by atomic mass is 19.1. The van der Waals surface area contributed by atoms with Gasteiger partial charge in [-0.05, 0) is 24.5 Å². The monoisotopic (exact) mass is 347 g/mol. The Kier molecular flexibility index (Phi) is 3.65. The molecule has 5 rings (SSSR count). The minimum Gasteiger partial charge on any atom is -0.481 e. The number of hydrogen-bond acceptors (Lipinski definition) is 3. The van der Waals surface area contributed by atoms with Crippen LogP contribution in [0.3, 0.4) is 0 Å². The third kappa shape index (κ3) is 2.38. The molecule has 2 heterocycles. The molecule has 5 nitrogen and oxygen atoms in total. The molecule has 4 fully saturated rings. The van der Waals surface area contributed by atoms with Gasteiger partial charge in [-0.1, -0.05) is 31.0 Å². The van der Waals surface area contributed by atoms with Crippen LogP contribution in [0.5, 0.6) is 0 Å². The molecule has 0 spiro atoms. The van der Waals surface area contributed by atoms with Crippen molar-refractivity contribution in [3.63, 3.8) is 0 Å². The lowest BCUT2D eigenvalue weighted by Crippen LogP contribution is -2.58. The van der Waals surface area contributed by atoms with Crippen LogP contribution in [0, 0.1) is 11.2 Å². The normalized spacial score (nSPS) is 32.2. The van der Waals surface area contributed by atoms with Gasteiger partial charge >= 0.3 is 5.97 Å². The van der Waals surface area contributed by atoms with Gasteiger partial charge in [-0.15, -0.1) is 0 Å². The largest absolute Gasteiger partial charge is 0.481 e. The number of hydrogen-bond donors (Lipinski definition) is 2. The number of nitrogens with one attached hydrogen (secondary N) is 1. The van der Waals surface area contributed by atoms with Crippen LogP contribution < -0.4 is 5.32 Å². The molecule has 0 aromatic heterocycles. The van der Waals surface area contributed by atoms with Crippen LogP contribution in [0.4, 0.5) is 4.39 Å². The Labute approximate surface area is 145 Å². The molecule has 0 unspecified atom stereocenters. The Bertz CT molecular complexity index is 720. The highest BCUT2D eigenvalue weighted by Crippen LogP contribution is 2.58. The Hall–Kier alpha value is -1.95. The number of ether oxygens (including phenoxy) is 1. The third-order valence-corrected chi connectivity index (χ3v) is 6.33. The smallest absolute Gasteiger partial charge is 0.312 e. The summed E-state index contributed by atoms with van der Waals surface area (Å²) in [4.78, 5) is 24.0. The van der Waals surface area contributed by atoms with Gasteiger partial charge in [0.25, 0.3) is 5.91 Å². The summed E-state index contributed by atoms with van der Waals surface area (Å²) in [6.07, 6.45) is 4.14. The highest BCUT2D eigenvalue weighted by Gasteiger charge is 2.70. The van der Waals surface area contributed by atoms with Gasteiger partial charge in [0.1, 0.15) is 11.4 Å². The van der Waals surface area contributed by atoms with E-state index in [1.54, 1.807) is 12.1 Å². The summed E-state index contributed by atoms with van der Waals surface area (Å²) in [7, 11) is 0. The first kappa shape index (κ1) is 16.5. The molecule has 4 aliphatic rings. The standard InChI is InChI=1S/C19H22FNO4/c20-14-6-2-1-5-13(14)17(7-3-4-8-17)11-21-15(22)19-9-18(10-19,12-25-19)16(23)24/h1-2,5-6H,3-4,7-12H2,(H,21,22)(H,23,24). The van der Waals surface area contributed by atoms with E-state index in [9.17, 15) is 19.1 Å². The van der Waals surface area contributed by atoms with Gasteiger partial charge in [0.2, 0.25) is 0 Å². The second kappa shape index (κ2) is 5.53. The van der Waals surface area contributed by atoms with E-state index in [1.165, 1.54) is 6.07 Å². The second-order valence-corrected chi connectivity index (χ2v) is 7.87. The van der Waals surface area contributed by atoms with Crippen molar-refractivity contribution in [1.29, 1.82) is 0 Å². The van der Waals surface area contributed by atoms with E-state index in [1.807, 2.05) is 6.07 Å². The summed E-state index contributed by atoms with van der Waals surface area (Å²) in [5, 5.41) is 12.2. The molecule has 1 aromatic carbocycles. The number of rotatable bonds is 5. The first-order valence-electron chi connectivity index (χ1n) is 8.82. The van der Waals surface area contributed by atoms with Gasteiger partial charge in [-0.2, -0.15) is 0 Å². The molecule has 2 aliphatic heterocycles. The Morgan fingerprint density at radius 2 is 1.88 bits per heavy atom. The van der Waals surface area contributed by atoms with Crippen LogP contribution in [0.15, 0.2) is 24.3 Å². The number of carbonyl (C=O) groups is 2. The quantitative estimate of drug-likeness (QED) is 0.858. The van der Waals surface area contributed by atoms with E-state index in [4.69, 9.17) is 4.74 Å². The Balaban J connectivity index is 1.48. The van der Waals surface area contributed by atoms with E-state index in [0.717, 1.165) is 25.7 Å². The van der Waals surface area contributed by atoms with Gasteiger partial charge in [0.15, 0.2) is 0 Å². The van der Waals surface area contributed by atoms with Crippen molar-refractivity contribution in [2.24, 2.45) is 5.41 Å². The van der Waals surface area contributed by atoms with E-state index in [-0.39, 0.29) is 36.6 Å². The third-order valence-electron chi connectivity index (χ3n) is 6.33. The Morgan fingerprint density at radius 3 is 2.48 bits per heavy atom. The number of amides is 1. The average molecular weight is 347 g/mol. The van der Waals surface area contributed by atoms with Gasteiger partial charge < -0.3 is 15.2 Å². The van der Waals surface area contributed by atoms with E-state index < -0.39 is 17.0 Å². The lowest BCUT2D eigenvalue weighted by Gasteiger charge is -2.41. The van der Waals surface area contributed by atoms with Crippen molar-refractivity contribution in [2.75, 3.05) is 13.2 Å². The van der Waals surface area contributed by atoms with E-state index in [0.29, 0.717) is 12.1 Å². The van der Waals surface area contributed by atoms with Gasteiger partial charge in [-0.3, -0.25) is 9.59 Å². The zero-order chi connectivity index (χ0) is 17.7. The molecule has 2 bridgehead atoms. The molecule has 0 atom stereocenters. The molecule has 2 saturated heterocycles. The summed E-state index contributed by atoms with van der Waals surface area (Å²) in [5.74, 6) is -1.39. The van der Waals surface area contributed by atoms with Crippen LogP contribution in [-0.4, -0.2) is 35.7 Å². The van der Waals surface area contributed by atoms with Gasteiger partial charge in [0.05, 0.1) is 12.0 Å². The molecule has 134 valence electrons. The summed E-state index contributed by atoms with van der Waals surface area (Å²) < 4.78 is 19.9. The number of carbonyl (C=O) groups excluding carboxylic acids is 1. The lowest BCUT2D eigenvalue weighted by molar-refractivity contribution is -0.158. The summed E-state index contributed by atoms with van der Waals surface area (Å²) in [6, 6.07) is 6.76. The molecule has 2 aliphatic carbocycles. The molecule has 2 N–H and O–H groups in total. The maximum absolute atomic E-state index is 14.3. The van der Waals surface area contributed by atoms with Crippen LogP contribution in [-0.2, 0) is 19.7 Å². The van der Waals surface area contributed by atoms with Crippen LogP contribution >= 0.6 is 0 Å². The fourth-order valence-corrected chi connectivity index (χ4v) is 4.86. The molecule has 2 saturated carbocycles. The first-order chi connectivity index (χ1) is 11.9. The van der Waals surface area contributed by atoms with Crippen LogP contribution in [0.2, 0.25) is 0 Å². The van der Waals surface area contributed by atoms with E-state index in [2.05, 4.69) is 5.32 Å². The van der Waals surface area contributed by atoms with Crippen LogP contribution in [0.25, 0.3) is 0 Å². The van der Waals surface area contributed by atoms with Crippen LogP contribution in [0.1, 0.15) is 44.1 Å². The number of carboxylic acid groups (broad SMARTS) is 1.